The molecule has 2 aromatic rings. The lowest BCUT2D eigenvalue weighted by Gasteiger charge is -2.33. The highest BCUT2D eigenvalue weighted by Crippen LogP contribution is 2.23. The fourth-order valence-corrected chi connectivity index (χ4v) is 4.96. The van der Waals surface area contributed by atoms with Crippen LogP contribution in [-0.2, 0) is 20.0 Å². The molecular weight excluding hydrogens is 402 g/mol. The average molecular weight is 426 g/mol. The first-order valence-electron chi connectivity index (χ1n) is 8.73. The van der Waals surface area contributed by atoms with Crippen molar-refractivity contribution in [1.29, 1.82) is 0 Å². The zero-order valence-electron chi connectivity index (χ0n) is 15.4. The zero-order chi connectivity index (χ0) is 20.4. The summed E-state index contributed by atoms with van der Waals surface area (Å²) in [5, 5.41) is 5.04. The van der Waals surface area contributed by atoms with Crippen LogP contribution >= 0.6 is 0 Å². The molecule has 0 atom stereocenters. The number of benzene rings is 2. The van der Waals surface area contributed by atoms with Crippen LogP contribution in [0.3, 0.4) is 0 Å². The number of piperidine rings is 1. The van der Waals surface area contributed by atoms with Crippen molar-refractivity contribution in [3.05, 3.63) is 48.5 Å². The van der Waals surface area contributed by atoms with Gasteiger partial charge in [0.15, 0.2) is 0 Å². The second-order valence-electron chi connectivity index (χ2n) is 6.60. The average Bonchev–Trinajstić information content (AvgIpc) is 2.68. The first kappa shape index (κ1) is 20.6. The van der Waals surface area contributed by atoms with Crippen LogP contribution in [0.4, 0.5) is 5.69 Å². The van der Waals surface area contributed by atoms with Gasteiger partial charge in [0.05, 0.1) is 16.9 Å². The third kappa shape index (κ3) is 4.82. The number of hydrogen-bond donors (Lipinski definition) is 2. The van der Waals surface area contributed by atoms with Crippen molar-refractivity contribution < 1.29 is 21.6 Å². The number of sulfonamides is 2. The molecule has 152 valence electrons. The van der Waals surface area contributed by atoms with Gasteiger partial charge in [-0.3, -0.25) is 0 Å². The molecule has 3 rings (SSSR count). The highest BCUT2D eigenvalue weighted by molar-refractivity contribution is 7.89. The van der Waals surface area contributed by atoms with Crippen molar-refractivity contribution >= 4 is 25.7 Å². The molecule has 3 N–H and O–H groups in total. The summed E-state index contributed by atoms with van der Waals surface area (Å²) in [4.78, 5) is 2.09. The molecule has 0 bridgehead atoms. The van der Waals surface area contributed by atoms with E-state index in [1.165, 1.54) is 24.3 Å². The number of hydrogen-bond acceptors (Lipinski definition) is 6. The van der Waals surface area contributed by atoms with Crippen molar-refractivity contribution in [2.75, 3.05) is 25.1 Å². The Morgan fingerprint density at radius 2 is 1.46 bits per heavy atom. The van der Waals surface area contributed by atoms with Gasteiger partial charge in [-0.15, -0.1) is 0 Å². The van der Waals surface area contributed by atoms with Crippen molar-refractivity contribution in [2.24, 2.45) is 5.14 Å². The first-order valence-corrected chi connectivity index (χ1v) is 11.8. The standard InChI is InChI=1S/C18H23N3O5S2/c1-26-16-4-2-15(3-5-16)21-12-10-14(11-13-21)20-28(24,25)18-8-6-17(7-9-18)27(19,22)23/h2-9,14,20H,10-13H2,1H3,(H2,19,22,23). The van der Waals surface area contributed by atoms with Crippen LogP contribution in [0.15, 0.2) is 58.3 Å². The Morgan fingerprint density at radius 3 is 1.96 bits per heavy atom. The topological polar surface area (TPSA) is 119 Å². The number of methoxy groups -OCH3 is 1. The molecule has 0 amide bonds. The number of ether oxygens (including phenoxy) is 1. The molecule has 2 aromatic carbocycles. The maximum atomic E-state index is 12.6. The number of primary sulfonamides is 1. The van der Waals surface area contributed by atoms with Gasteiger partial charge in [0.25, 0.3) is 0 Å². The van der Waals surface area contributed by atoms with E-state index in [-0.39, 0.29) is 15.8 Å². The van der Waals surface area contributed by atoms with Crippen LogP contribution in [0.5, 0.6) is 5.75 Å². The van der Waals surface area contributed by atoms with Crippen LogP contribution in [0.2, 0.25) is 0 Å². The van der Waals surface area contributed by atoms with Gasteiger partial charge in [-0.2, -0.15) is 0 Å². The van der Waals surface area contributed by atoms with E-state index < -0.39 is 20.0 Å². The lowest BCUT2D eigenvalue weighted by atomic mass is 10.1. The van der Waals surface area contributed by atoms with E-state index in [1.807, 2.05) is 24.3 Å². The number of nitrogens with zero attached hydrogens (tertiary/aromatic N) is 1. The summed E-state index contributed by atoms with van der Waals surface area (Å²) >= 11 is 0. The van der Waals surface area contributed by atoms with E-state index in [1.54, 1.807) is 7.11 Å². The molecule has 1 saturated heterocycles. The fraction of sp³-hybridized carbons (Fsp3) is 0.333. The Bertz CT molecular complexity index is 1010. The zero-order valence-corrected chi connectivity index (χ0v) is 17.0. The largest absolute Gasteiger partial charge is 0.497 e. The molecule has 8 nitrogen and oxygen atoms in total. The number of anilines is 1. The number of nitrogens with two attached hydrogens (primary N) is 1. The SMILES string of the molecule is COc1ccc(N2CCC(NS(=O)(=O)c3ccc(S(N)(=O)=O)cc3)CC2)cc1. The van der Waals surface area contributed by atoms with Gasteiger partial charge >= 0.3 is 0 Å². The summed E-state index contributed by atoms with van der Waals surface area (Å²) in [7, 11) is -5.97. The van der Waals surface area contributed by atoms with Crippen molar-refractivity contribution in [2.45, 2.75) is 28.7 Å². The highest BCUT2D eigenvalue weighted by Gasteiger charge is 2.25. The molecule has 1 aliphatic rings. The second-order valence-corrected chi connectivity index (χ2v) is 9.87. The molecule has 10 heteroatoms. The van der Waals surface area contributed by atoms with Gasteiger partial charge in [0.1, 0.15) is 5.75 Å². The minimum Gasteiger partial charge on any atom is -0.497 e. The smallest absolute Gasteiger partial charge is 0.240 e. The lowest BCUT2D eigenvalue weighted by molar-refractivity contribution is 0.414. The molecule has 1 fully saturated rings. The summed E-state index contributed by atoms with van der Waals surface area (Å²) in [6.07, 6.45) is 1.33. The van der Waals surface area contributed by atoms with E-state index >= 15 is 0 Å². The van der Waals surface area contributed by atoms with Gasteiger partial charge in [0, 0.05) is 24.8 Å². The molecule has 0 aliphatic carbocycles. The van der Waals surface area contributed by atoms with Crippen molar-refractivity contribution in [3.8, 4) is 5.75 Å². The Morgan fingerprint density at radius 1 is 0.929 bits per heavy atom. The van der Waals surface area contributed by atoms with E-state index in [4.69, 9.17) is 9.88 Å². The van der Waals surface area contributed by atoms with Crippen LogP contribution in [0, 0.1) is 0 Å². The van der Waals surface area contributed by atoms with Gasteiger partial charge in [-0.25, -0.2) is 26.7 Å². The summed E-state index contributed by atoms with van der Waals surface area (Å²) in [5.41, 5.74) is 1.07. The number of rotatable bonds is 6. The van der Waals surface area contributed by atoms with E-state index in [2.05, 4.69) is 9.62 Å². The van der Waals surface area contributed by atoms with Crippen LogP contribution in [0.1, 0.15) is 12.8 Å². The molecule has 0 unspecified atom stereocenters. The fourth-order valence-electron chi connectivity index (χ4n) is 3.14. The van der Waals surface area contributed by atoms with Gasteiger partial charge in [0.2, 0.25) is 20.0 Å². The monoisotopic (exact) mass is 425 g/mol. The quantitative estimate of drug-likeness (QED) is 0.720. The maximum Gasteiger partial charge on any atom is 0.240 e. The molecular formula is C18H23N3O5S2. The Labute approximate surface area is 165 Å². The van der Waals surface area contributed by atoms with Crippen LogP contribution in [0.25, 0.3) is 0 Å². The third-order valence-electron chi connectivity index (χ3n) is 4.72. The normalized spacial score (nSPS) is 16.1. The van der Waals surface area contributed by atoms with Crippen LogP contribution < -0.4 is 19.5 Å². The molecule has 28 heavy (non-hydrogen) atoms. The summed E-state index contributed by atoms with van der Waals surface area (Å²) in [6.45, 7) is 1.45. The predicted molar refractivity (Wildman–Crippen MR) is 106 cm³/mol. The predicted octanol–water partition coefficient (Wildman–Crippen LogP) is 1.29. The summed E-state index contributed by atoms with van der Waals surface area (Å²) in [6, 6.07) is 12.4. The Kier molecular flexibility index (Phi) is 5.94. The van der Waals surface area contributed by atoms with E-state index in [0.29, 0.717) is 12.8 Å². The lowest BCUT2D eigenvalue weighted by Crippen LogP contribution is -2.44. The molecule has 0 aromatic heterocycles. The van der Waals surface area contributed by atoms with Gasteiger partial charge in [-0.05, 0) is 61.4 Å². The van der Waals surface area contributed by atoms with Gasteiger partial charge in [-0.1, -0.05) is 0 Å². The highest BCUT2D eigenvalue weighted by atomic mass is 32.2. The Hall–Kier alpha value is -2.14. The number of nitrogens with one attached hydrogen (secondary N) is 1. The summed E-state index contributed by atoms with van der Waals surface area (Å²) in [5.74, 6) is 0.792. The molecule has 1 aliphatic heterocycles. The summed E-state index contributed by atoms with van der Waals surface area (Å²) < 4.78 is 55.6. The maximum absolute atomic E-state index is 12.6. The molecule has 0 saturated carbocycles. The van der Waals surface area contributed by atoms with Crippen molar-refractivity contribution in [3.63, 3.8) is 0 Å². The third-order valence-corrected chi connectivity index (χ3v) is 7.18. The molecule has 1 heterocycles. The second kappa shape index (κ2) is 8.08. The van der Waals surface area contributed by atoms with Crippen molar-refractivity contribution in [1.82, 2.24) is 4.72 Å². The minimum absolute atomic E-state index is 0.0116. The minimum atomic E-state index is -3.86. The van der Waals surface area contributed by atoms with Crippen LogP contribution in [-0.4, -0.2) is 43.1 Å². The Balaban J connectivity index is 1.61. The van der Waals surface area contributed by atoms with E-state index in [9.17, 15) is 16.8 Å². The molecule has 0 radical (unpaired) electrons. The van der Waals surface area contributed by atoms with Gasteiger partial charge < -0.3 is 9.64 Å². The van der Waals surface area contributed by atoms with E-state index in [0.717, 1.165) is 24.5 Å². The molecule has 0 spiro atoms. The first-order chi connectivity index (χ1) is 13.2.